The largest absolute Gasteiger partial charge is 0.396 e. The lowest BCUT2D eigenvalue weighted by Gasteiger charge is -2.03. The molecule has 0 unspecified atom stereocenters. The Balaban J connectivity index is 3.46. The van der Waals surface area contributed by atoms with Gasteiger partial charge in [0, 0.05) is 8.04 Å². The average Bonchev–Trinajstić information content (AvgIpc) is 1.97. The fourth-order valence-corrected chi connectivity index (χ4v) is 1.75. The molecule has 0 aliphatic heterocycles. The first-order valence-electron chi connectivity index (χ1n) is 2.62. The number of benzene rings is 1. The van der Waals surface area contributed by atoms with Crippen LogP contribution in [-0.2, 0) is 0 Å². The van der Waals surface area contributed by atoms with Crippen LogP contribution in [0.2, 0.25) is 5.02 Å². The first-order chi connectivity index (χ1) is 5.04. The van der Waals surface area contributed by atoms with E-state index in [0.29, 0.717) is 8.04 Å². The van der Waals surface area contributed by atoms with Gasteiger partial charge in [-0.05, 0) is 44.6 Å². The van der Waals surface area contributed by atoms with E-state index in [1.807, 2.05) is 22.6 Å². The molecule has 60 valence electrons. The Labute approximate surface area is 90.4 Å². The van der Waals surface area contributed by atoms with Crippen molar-refractivity contribution in [1.29, 1.82) is 0 Å². The molecule has 1 rings (SSSR count). The van der Waals surface area contributed by atoms with E-state index >= 15 is 0 Å². The molecule has 0 atom stereocenters. The molecule has 2 N–H and O–H groups in total. The summed E-state index contributed by atoms with van der Waals surface area (Å²) in [6.45, 7) is 0. The third kappa shape index (κ3) is 1.78. The van der Waals surface area contributed by atoms with E-state index in [1.165, 1.54) is 6.07 Å². The van der Waals surface area contributed by atoms with Crippen molar-refractivity contribution in [3.8, 4) is 0 Å². The van der Waals surface area contributed by atoms with Crippen LogP contribution in [0.1, 0.15) is 0 Å². The van der Waals surface area contributed by atoms with Crippen molar-refractivity contribution in [3.05, 3.63) is 24.9 Å². The zero-order valence-electron chi connectivity index (χ0n) is 5.17. The summed E-state index contributed by atoms with van der Waals surface area (Å²) in [5.74, 6) is -0.556. The van der Waals surface area contributed by atoms with Crippen molar-refractivity contribution in [2.75, 3.05) is 5.73 Å². The number of hydrogen-bond donors (Lipinski definition) is 1. The van der Waals surface area contributed by atoms with Gasteiger partial charge in [0.15, 0.2) is 5.82 Å². The van der Waals surface area contributed by atoms with E-state index in [4.69, 9.17) is 17.3 Å². The molecule has 0 radical (unpaired) electrons. The van der Waals surface area contributed by atoms with Crippen LogP contribution >= 0.6 is 50.1 Å². The summed E-state index contributed by atoms with van der Waals surface area (Å²) in [4.78, 5) is 0. The Morgan fingerprint density at radius 3 is 2.73 bits per heavy atom. The van der Waals surface area contributed by atoms with Crippen molar-refractivity contribution in [1.82, 2.24) is 0 Å². The minimum Gasteiger partial charge on any atom is -0.396 e. The number of hydrogen-bond acceptors (Lipinski definition) is 1. The second kappa shape index (κ2) is 3.45. The summed E-state index contributed by atoms with van der Waals surface area (Å²) in [6.07, 6.45) is 0. The van der Waals surface area contributed by atoms with Gasteiger partial charge >= 0.3 is 0 Å². The van der Waals surface area contributed by atoms with Crippen molar-refractivity contribution < 1.29 is 4.39 Å². The van der Waals surface area contributed by atoms with E-state index in [1.54, 1.807) is 0 Å². The highest BCUT2D eigenvalue weighted by atomic mass is 127. The molecule has 0 heterocycles. The van der Waals surface area contributed by atoms with Gasteiger partial charge in [-0.25, -0.2) is 4.39 Å². The molecule has 0 aliphatic carbocycles. The Morgan fingerprint density at radius 2 is 2.18 bits per heavy atom. The minimum atomic E-state index is -0.556. The van der Waals surface area contributed by atoms with Gasteiger partial charge in [0.25, 0.3) is 0 Å². The van der Waals surface area contributed by atoms with Crippen molar-refractivity contribution in [3.63, 3.8) is 0 Å². The second-order valence-corrected chi connectivity index (χ2v) is 4.20. The van der Waals surface area contributed by atoms with E-state index < -0.39 is 5.82 Å². The first kappa shape index (κ1) is 9.54. The predicted molar refractivity (Wildman–Crippen MR) is 56.2 cm³/mol. The molecule has 1 aromatic carbocycles. The molecule has 1 nitrogen and oxygen atoms in total. The van der Waals surface area contributed by atoms with Crippen LogP contribution in [-0.4, -0.2) is 0 Å². The lowest BCUT2D eigenvalue weighted by molar-refractivity contribution is 0.631. The quantitative estimate of drug-likeness (QED) is 0.330. The maximum Gasteiger partial charge on any atom is 0.165 e. The second-order valence-electron chi connectivity index (χ2n) is 1.89. The first-order valence-corrected chi connectivity index (χ1v) is 4.87. The topological polar surface area (TPSA) is 26.0 Å². The van der Waals surface area contributed by atoms with Crippen LogP contribution in [0.15, 0.2) is 10.5 Å². The molecule has 11 heavy (non-hydrogen) atoms. The lowest BCUT2D eigenvalue weighted by Crippen LogP contribution is -1.93. The van der Waals surface area contributed by atoms with E-state index in [0.717, 1.165) is 0 Å². The smallest absolute Gasteiger partial charge is 0.165 e. The molecule has 0 bridgehead atoms. The van der Waals surface area contributed by atoms with Gasteiger partial charge < -0.3 is 5.73 Å². The summed E-state index contributed by atoms with van der Waals surface area (Å²) in [7, 11) is 0. The monoisotopic (exact) mass is 349 g/mol. The molecule has 0 saturated heterocycles. The molecule has 0 aromatic heterocycles. The maximum absolute atomic E-state index is 12.9. The standard InChI is InChI=1S/C6H3BrClFIN/c7-2-1-3(11)5(9)4(8)6(2)10/h1H,11H2. The SMILES string of the molecule is Nc1cc(Br)c(I)c(Cl)c1F. The molecule has 0 saturated carbocycles. The summed E-state index contributed by atoms with van der Waals surface area (Å²) in [5.41, 5.74) is 5.36. The van der Waals surface area contributed by atoms with Crippen molar-refractivity contribution in [2.45, 2.75) is 0 Å². The summed E-state index contributed by atoms with van der Waals surface area (Å²) < 4.78 is 14.2. The van der Waals surface area contributed by atoms with Crippen molar-refractivity contribution >= 4 is 55.8 Å². The van der Waals surface area contributed by atoms with Crippen molar-refractivity contribution in [2.24, 2.45) is 0 Å². The summed E-state index contributed by atoms with van der Waals surface area (Å²) in [6, 6.07) is 1.49. The van der Waals surface area contributed by atoms with Crippen LogP contribution in [0.4, 0.5) is 10.1 Å². The molecule has 1 aromatic rings. The Bertz CT molecular complexity index is 279. The van der Waals surface area contributed by atoms with Gasteiger partial charge in [0.2, 0.25) is 0 Å². The molecule has 0 fully saturated rings. The predicted octanol–water partition coefficient (Wildman–Crippen LogP) is 3.43. The molecule has 5 heteroatoms. The minimum absolute atomic E-state index is 0.0577. The van der Waals surface area contributed by atoms with Gasteiger partial charge in [0.05, 0.1) is 10.7 Å². The summed E-state index contributed by atoms with van der Waals surface area (Å²) >= 11 is 10.7. The molecule has 0 spiro atoms. The van der Waals surface area contributed by atoms with Gasteiger partial charge in [0.1, 0.15) is 0 Å². The molecular formula is C6H3BrClFIN. The molecule has 0 amide bonds. The zero-order valence-corrected chi connectivity index (χ0v) is 9.67. The molecular weight excluding hydrogens is 347 g/mol. The highest BCUT2D eigenvalue weighted by Gasteiger charge is 2.10. The fraction of sp³-hybridized carbons (Fsp3) is 0. The normalized spacial score (nSPS) is 10.2. The van der Waals surface area contributed by atoms with Crippen LogP contribution in [0.3, 0.4) is 0 Å². The van der Waals surface area contributed by atoms with Gasteiger partial charge in [-0.3, -0.25) is 0 Å². The highest BCUT2D eigenvalue weighted by molar-refractivity contribution is 14.1. The Kier molecular flexibility index (Phi) is 2.99. The van der Waals surface area contributed by atoms with Gasteiger partial charge in [-0.15, -0.1) is 0 Å². The van der Waals surface area contributed by atoms with E-state index in [9.17, 15) is 4.39 Å². The zero-order chi connectivity index (χ0) is 8.59. The highest BCUT2D eigenvalue weighted by Crippen LogP contribution is 2.32. The summed E-state index contributed by atoms with van der Waals surface area (Å²) in [5, 5.41) is 0.0671. The van der Waals surface area contributed by atoms with Crippen LogP contribution in [0.25, 0.3) is 0 Å². The fourth-order valence-electron chi connectivity index (χ4n) is 0.591. The number of rotatable bonds is 0. The maximum atomic E-state index is 12.9. The molecule has 0 aliphatic rings. The lowest BCUT2D eigenvalue weighted by atomic mass is 10.3. The average molecular weight is 350 g/mol. The number of anilines is 1. The van der Waals surface area contributed by atoms with Crippen LogP contribution < -0.4 is 5.73 Å². The van der Waals surface area contributed by atoms with Gasteiger partial charge in [-0.2, -0.15) is 0 Å². The van der Waals surface area contributed by atoms with E-state index in [2.05, 4.69) is 15.9 Å². The Morgan fingerprint density at radius 1 is 1.64 bits per heavy atom. The number of halogens is 4. The van der Waals surface area contributed by atoms with Gasteiger partial charge in [-0.1, -0.05) is 11.6 Å². The Hall–Kier alpha value is 0.450. The third-order valence-electron chi connectivity index (χ3n) is 1.13. The number of nitrogens with two attached hydrogens (primary N) is 1. The van der Waals surface area contributed by atoms with E-state index in [-0.39, 0.29) is 10.7 Å². The van der Waals surface area contributed by atoms with Crippen LogP contribution in [0.5, 0.6) is 0 Å². The number of nitrogen functional groups attached to an aromatic ring is 1. The van der Waals surface area contributed by atoms with Crippen LogP contribution in [0, 0.1) is 9.39 Å². The third-order valence-corrected chi connectivity index (χ3v) is 4.29.